The van der Waals surface area contributed by atoms with Gasteiger partial charge in [0.05, 0.1) is 34.8 Å². The number of thiophene rings is 1. The summed E-state index contributed by atoms with van der Waals surface area (Å²) in [6.07, 6.45) is 4.40. The smallest absolute Gasteiger partial charge is 0.346 e. The van der Waals surface area contributed by atoms with Crippen LogP contribution < -0.4 is 0 Å². The molecule has 6 heterocycles. The van der Waals surface area contributed by atoms with Gasteiger partial charge in [-0.25, -0.2) is 9.97 Å². The fourth-order valence-electron chi connectivity index (χ4n) is 6.24. The number of nitriles is 1. The van der Waals surface area contributed by atoms with E-state index in [-0.39, 0.29) is 16.6 Å². The Morgan fingerprint density at radius 2 is 2.00 bits per heavy atom. The number of piperidine rings is 1. The van der Waals surface area contributed by atoms with E-state index in [1.54, 1.807) is 23.2 Å². The molecule has 0 radical (unpaired) electrons. The zero-order valence-electron chi connectivity index (χ0n) is 22.3. The van der Waals surface area contributed by atoms with Gasteiger partial charge in [-0.1, -0.05) is 12.1 Å². The van der Waals surface area contributed by atoms with Crippen LogP contribution in [0.3, 0.4) is 0 Å². The summed E-state index contributed by atoms with van der Waals surface area (Å²) in [5, 5.41) is 15.6. The number of hydrogen-bond acceptors (Lipinski definition) is 7. The van der Waals surface area contributed by atoms with E-state index < -0.39 is 17.3 Å². The molecule has 9 nitrogen and oxygen atoms in total. The lowest BCUT2D eigenvalue weighted by Crippen LogP contribution is -2.66. The number of alkyl halides is 3. The lowest BCUT2D eigenvalue weighted by Gasteiger charge is -2.53. The molecule has 1 aromatic carbocycles. The number of H-pyrrole nitrogens is 1. The molecule has 2 saturated heterocycles. The van der Waals surface area contributed by atoms with Crippen molar-refractivity contribution in [3.05, 3.63) is 65.7 Å². The first kappa shape index (κ1) is 26.6. The molecule has 1 amide bonds. The van der Waals surface area contributed by atoms with Crippen molar-refractivity contribution in [1.29, 1.82) is 5.26 Å². The number of amides is 1. The predicted molar refractivity (Wildman–Crippen MR) is 151 cm³/mol. The molecule has 0 saturated carbocycles. The molecule has 7 rings (SSSR count). The van der Waals surface area contributed by atoms with Gasteiger partial charge >= 0.3 is 6.18 Å². The van der Waals surface area contributed by atoms with E-state index in [4.69, 9.17) is 0 Å². The number of hydrogen-bond donors (Lipinski definition) is 1. The Kier molecular flexibility index (Phi) is 6.29. The van der Waals surface area contributed by atoms with E-state index in [0.717, 1.165) is 52.5 Å². The first-order valence-electron chi connectivity index (χ1n) is 13.6. The average molecular weight is 591 g/mol. The summed E-state index contributed by atoms with van der Waals surface area (Å²) in [6, 6.07) is 10.1. The standard InChI is InChI=1S/C29H25F3N8OS/c30-29(31,32)22-3-1-2-18-12-23(42-25(18)22)27(41)38-10-5-20(6-11-38)39-15-28(16-39,7-8-33)40-14-19(13-37-40)24-21-4-9-34-26(21)36-17-35-24/h1-4,9,12-14,17,20H,5-7,10-11,15-16H2,(H,34,35,36). The van der Waals surface area contributed by atoms with Gasteiger partial charge in [-0.3, -0.25) is 14.4 Å². The highest BCUT2D eigenvalue weighted by molar-refractivity contribution is 7.21. The Balaban J connectivity index is 1.02. The maximum atomic E-state index is 13.5. The second-order valence-corrected chi connectivity index (χ2v) is 12.0. The molecule has 214 valence electrons. The average Bonchev–Trinajstić information content (AvgIpc) is 3.73. The maximum absolute atomic E-state index is 13.5. The molecule has 1 N–H and O–H groups in total. The molecule has 0 aliphatic carbocycles. The number of rotatable bonds is 5. The number of aromatic amines is 1. The number of halogens is 3. The van der Waals surface area contributed by atoms with Gasteiger partial charge in [-0.05, 0) is 36.4 Å². The number of carbonyl (C=O) groups excluding carboxylic acids is 1. The van der Waals surface area contributed by atoms with Crippen LogP contribution >= 0.6 is 11.3 Å². The molecule has 0 spiro atoms. The van der Waals surface area contributed by atoms with Crippen LogP contribution in [0.5, 0.6) is 0 Å². The first-order chi connectivity index (χ1) is 20.3. The lowest BCUT2D eigenvalue weighted by atomic mass is 9.84. The van der Waals surface area contributed by atoms with Gasteiger partial charge in [0.15, 0.2) is 0 Å². The minimum absolute atomic E-state index is 0.0941. The monoisotopic (exact) mass is 590 g/mol. The van der Waals surface area contributed by atoms with Crippen LogP contribution in [0.2, 0.25) is 0 Å². The highest BCUT2D eigenvalue weighted by atomic mass is 32.1. The third-order valence-electron chi connectivity index (χ3n) is 8.43. The van der Waals surface area contributed by atoms with E-state index >= 15 is 0 Å². The molecule has 42 heavy (non-hydrogen) atoms. The van der Waals surface area contributed by atoms with Crippen molar-refractivity contribution >= 4 is 38.4 Å². The molecule has 2 aliphatic heterocycles. The van der Waals surface area contributed by atoms with Crippen molar-refractivity contribution < 1.29 is 18.0 Å². The summed E-state index contributed by atoms with van der Waals surface area (Å²) in [5.41, 5.74) is 1.23. The first-order valence-corrected chi connectivity index (χ1v) is 14.4. The van der Waals surface area contributed by atoms with Crippen LogP contribution in [0.1, 0.15) is 34.5 Å². The molecule has 2 aliphatic rings. The normalized spacial score (nSPS) is 17.9. The summed E-state index contributed by atoms with van der Waals surface area (Å²) < 4.78 is 42.3. The molecule has 0 unspecified atom stereocenters. The molecule has 0 bridgehead atoms. The Hall–Kier alpha value is -4.28. The summed E-state index contributed by atoms with van der Waals surface area (Å²) in [4.78, 5) is 29.4. The Labute approximate surface area is 242 Å². The molecule has 0 atom stereocenters. The van der Waals surface area contributed by atoms with Crippen LogP contribution in [0.15, 0.2) is 55.2 Å². The van der Waals surface area contributed by atoms with E-state index in [1.165, 1.54) is 12.4 Å². The van der Waals surface area contributed by atoms with Gasteiger partial charge in [0.1, 0.15) is 17.5 Å². The van der Waals surface area contributed by atoms with E-state index in [9.17, 15) is 23.2 Å². The fraction of sp³-hybridized carbons (Fsp3) is 0.345. The largest absolute Gasteiger partial charge is 0.417 e. The summed E-state index contributed by atoms with van der Waals surface area (Å²) in [6.45, 7) is 2.39. The highest BCUT2D eigenvalue weighted by Crippen LogP contribution is 2.40. The van der Waals surface area contributed by atoms with Gasteiger partial charge in [0, 0.05) is 60.3 Å². The molecule has 5 aromatic rings. The Morgan fingerprint density at radius 1 is 1.19 bits per heavy atom. The van der Waals surface area contributed by atoms with Crippen LogP contribution in [0, 0.1) is 11.3 Å². The van der Waals surface area contributed by atoms with Crippen molar-refractivity contribution in [2.45, 2.75) is 37.0 Å². The lowest BCUT2D eigenvalue weighted by molar-refractivity contribution is -0.136. The number of carbonyl (C=O) groups is 1. The van der Waals surface area contributed by atoms with E-state index in [0.29, 0.717) is 42.9 Å². The minimum Gasteiger partial charge on any atom is -0.346 e. The number of fused-ring (bicyclic) bond motifs is 2. The second kappa shape index (κ2) is 9.92. The van der Waals surface area contributed by atoms with Crippen LogP contribution in [-0.4, -0.2) is 72.7 Å². The van der Waals surface area contributed by atoms with E-state index in [2.05, 4.69) is 31.0 Å². The number of likely N-dealkylation sites (tertiary alicyclic amines) is 2. The van der Waals surface area contributed by atoms with Gasteiger partial charge in [0.2, 0.25) is 0 Å². The topological polar surface area (TPSA) is 107 Å². The number of nitrogens with one attached hydrogen (secondary N) is 1. The summed E-state index contributed by atoms with van der Waals surface area (Å²) >= 11 is 0.908. The van der Waals surface area contributed by atoms with Gasteiger partial charge in [-0.15, -0.1) is 11.3 Å². The quantitative estimate of drug-likeness (QED) is 0.298. The highest BCUT2D eigenvalue weighted by Gasteiger charge is 2.48. The third-order valence-corrected chi connectivity index (χ3v) is 9.60. The molecule has 4 aromatic heterocycles. The maximum Gasteiger partial charge on any atom is 0.417 e. The predicted octanol–water partition coefficient (Wildman–Crippen LogP) is 5.28. The van der Waals surface area contributed by atoms with Crippen molar-refractivity contribution in [2.24, 2.45) is 0 Å². The summed E-state index contributed by atoms with van der Waals surface area (Å²) in [7, 11) is 0. The van der Waals surface area contributed by atoms with Crippen molar-refractivity contribution in [1.82, 2.24) is 34.5 Å². The fourth-order valence-corrected chi connectivity index (χ4v) is 7.40. The van der Waals surface area contributed by atoms with Crippen LogP contribution in [0.4, 0.5) is 13.2 Å². The van der Waals surface area contributed by atoms with Crippen LogP contribution in [-0.2, 0) is 11.7 Å². The molecule has 2 fully saturated rings. The Bertz CT molecular complexity index is 1840. The minimum atomic E-state index is -4.47. The van der Waals surface area contributed by atoms with Crippen molar-refractivity contribution in [3.8, 4) is 17.3 Å². The van der Waals surface area contributed by atoms with E-state index in [1.807, 2.05) is 23.1 Å². The number of nitrogens with zero attached hydrogens (tertiary/aromatic N) is 7. The van der Waals surface area contributed by atoms with Crippen molar-refractivity contribution in [2.75, 3.05) is 26.2 Å². The third kappa shape index (κ3) is 4.42. The summed E-state index contributed by atoms with van der Waals surface area (Å²) in [5.74, 6) is -0.226. The zero-order valence-corrected chi connectivity index (χ0v) is 23.1. The second-order valence-electron chi connectivity index (χ2n) is 11.0. The van der Waals surface area contributed by atoms with Gasteiger partial charge in [-0.2, -0.15) is 23.5 Å². The van der Waals surface area contributed by atoms with Crippen LogP contribution in [0.25, 0.3) is 32.4 Å². The Morgan fingerprint density at radius 3 is 2.76 bits per heavy atom. The number of benzene rings is 1. The van der Waals surface area contributed by atoms with Gasteiger partial charge in [0.25, 0.3) is 5.91 Å². The molecular weight excluding hydrogens is 565 g/mol. The molecule has 13 heteroatoms. The SMILES string of the molecule is N#CCC1(n2cc(-c3ncnc4[nH]ccc34)cn2)CN(C2CCN(C(=O)c3cc4cccc(C(F)(F)F)c4s3)CC2)C1. The zero-order chi connectivity index (χ0) is 29.1. The number of aromatic nitrogens is 5. The van der Waals surface area contributed by atoms with Gasteiger partial charge < -0.3 is 9.88 Å². The van der Waals surface area contributed by atoms with Crippen molar-refractivity contribution in [3.63, 3.8) is 0 Å². The molecular formula is C29H25F3N8OS.